The Labute approximate surface area is 149 Å². The van der Waals surface area contributed by atoms with E-state index in [1.54, 1.807) is 18.4 Å². The van der Waals surface area contributed by atoms with Crippen LogP contribution in [0.4, 0.5) is 17.3 Å². The van der Waals surface area contributed by atoms with E-state index in [-0.39, 0.29) is 0 Å². The molecule has 0 aliphatic rings. The number of benzene rings is 1. The van der Waals surface area contributed by atoms with Crippen molar-refractivity contribution in [2.45, 2.75) is 19.3 Å². The van der Waals surface area contributed by atoms with Gasteiger partial charge in [0.2, 0.25) is 5.82 Å². The van der Waals surface area contributed by atoms with Crippen molar-refractivity contribution < 1.29 is 4.42 Å². The molecule has 4 rings (SSSR count). The third-order valence-corrected chi connectivity index (χ3v) is 4.27. The number of nitrogens with two attached hydrogens (primary N) is 3. The first kappa shape index (κ1) is 15.9. The summed E-state index contributed by atoms with van der Waals surface area (Å²) in [5.74, 6) is 2.17. The van der Waals surface area contributed by atoms with Crippen molar-refractivity contribution in [2.24, 2.45) is 0 Å². The van der Waals surface area contributed by atoms with Gasteiger partial charge in [0.1, 0.15) is 11.6 Å². The van der Waals surface area contributed by atoms with Gasteiger partial charge in [-0.1, -0.05) is 12.1 Å². The van der Waals surface area contributed by atoms with E-state index < -0.39 is 0 Å². The highest BCUT2D eigenvalue weighted by atomic mass is 16.3. The molecule has 0 atom stereocenters. The van der Waals surface area contributed by atoms with Crippen LogP contribution < -0.4 is 17.2 Å². The molecule has 0 saturated carbocycles. The molecule has 0 aliphatic carbocycles. The van der Waals surface area contributed by atoms with Crippen molar-refractivity contribution in [1.29, 1.82) is 0 Å². The Morgan fingerprint density at radius 1 is 0.962 bits per heavy atom. The maximum absolute atomic E-state index is 6.28. The minimum atomic E-state index is 0.355. The lowest BCUT2D eigenvalue weighted by molar-refractivity contribution is 0.577. The summed E-state index contributed by atoms with van der Waals surface area (Å²) in [5, 5.41) is 4.39. The second-order valence-electron chi connectivity index (χ2n) is 6.08. The number of aryl methyl sites for hydroxylation is 1. The molecule has 3 heterocycles. The van der Waals surface area contributed by atoms with Gasteiger partial charge in [0.25, 0.3) is 5.78 Å². The van der Waals surface area contributed by atoms with Gasteiger partial charge in [-0.05, 0) is 49.1 Å². The standard InChI is InChI=1S/C18H19N7O/c19-12-8-6-11(7-9-12)3-1-4-13-15(20)22-18-23-17(14-5-2-10-26-14)24-25(18)16(13)21/h2,5-10H,1,3-4,19,21H2,(H2,20,22,23,24). The van der Waals surface area contributed by atoms with Gasteiger partial charge in [0, 0.05) is 11.3 Å². The molecule has 1 aromatic carbocycles. The topological polar surface area (TPSA) is 134 Å². The molecule has 8 heteroatoms. The molecule has 6 N–H and O–H groups in total. The predicted molar refractivity (Wildman–Crippen MR) is 100 cm³/mol. The van der Waals surface area contributed by atoms with Crippen LogP contribution in [0.15, 0.2) is 47.1 Å². The van der Waals surface area contributed by atoms with Gasteiger partial charge in [-0.25, -0.2) is 0 Å². The molecule has 0 amide bonds. The molecular formula is C18H19N7O. The number of nitrogens with zero attached hydrogens (tertiary/aromatic N) is 4. The molecule has 132 valence electrons. The van der Waals surface area contributed by atoms with Crippen molar-refractivity contribution in [3.63, 3.8) is 0 Å². The van der Waals surface area contributed by atoms with Crippen LogP contribution in [0.5, 0.6) is 0 Å². The van der Waals surface area contributed by atoms with Crippen LogP contribution in [0.25, 0.3) is 17.4 Å². The molecular weight excluding hydrogens is 330 g/mol. The highest BCUT2D eigenvalue weighted by Crippen LogP contribution is 2.24. The Balaban J connectivity index is 1.57. The van der Waals surface area contributed by atoms with Gasteiger partial charge >= 0.3 is 0 Å². The monoisotopic (exact) mass is 349 g/mol. The van der Waals surface area contributed by atoms with E-state index in [2.05, 4.69) is 15.1 Å². The van der Waals surface area contributed by atoms with Crippen molar-refractivity contribution in [2.75, 3.05) is 17.2 Å². The third-order valence-electron chi connectivity index (χ3n) is 4.27. The maximum Gasteiger partial charge on any atom is 0.256 e. The highest BCUT2D eigenvalue weighted by Gasteiger charge is 2.16. The lowest BCUT2D eigenvalue weighted by Gasteiger charge is -2.09. The summed E-state index contributed by atoms with van der Waals surface area (Å²) >= 11 is 0. The van der Waals surface area contributed by atoms with Crippen LogP contribution in [-0.4, -0.2) is 19.6 Å². The first-order chi connectivity index (χ1) is 12.6. The maximum atomic E-state index is 6.28. The molecule has 4 aromatic rings. The average molecular weight is 349 g/mol. The average Bonchev–Trinajstić information content (AvgIpc) is 3.28. The highest BCUT2D eigenvalue weighted by molar-refractivity contribution is 5.61. The van der Waals surface area contributed by atoms with E-state index in [0.717, 1.165) is 24.1 Å². The van der Waals surface area contributed by atoms with Crippen LogP contribution in [0, 0.1) is 0 Å². The van der Waals surface area contributed by atoms with Gasteiger partial charge in [0.05, 0.1) is 6.26 Å². The van der Waals surface area contributed by atoms with E-state index in [9.17, 15) is 0 Å². The number of rotatable bonds is 5. The minimum Gasteiger partial charge on any atom is -0.461 e. The normalized spacial score (nSPS) is 11.2. The van der Waals surface area contributed by atoms with Crippen LogP contribution >= 0.6 is 0 Å². The predicted octanol–water partition coefficient (Wildman–Crippen LogP) is 2.31. The summed E-state index contributed by atoms with van der Waals surface area (Å²) in [7, 11) is 0. The summed E-state index contributed by atoms with van der Waals surface area (Å²) in [5.41, 5.74) is 20.8. The molecule has 0 bridgehead atoms. The van der Waals surface area contributed by atoms with E-state index in [1.807, 2.05) is 24.3 Å². The first-order valence-corrected chi connectivity index (χ1v) is 8.30. The molecule has 0 saturated heterocycles. The smallest absolute Gasteiger partial charge is 0.256 e. The van der Waals surface area contributed by atoms with Crippen molar-refractivity contribution in [3.8, 4) is 11.6 Å². The Morgan fingerprint density at radius 2 is 1.77 bits per heavy atom. The molecule has 26 heavy (non-hydrogen) atoms. The quantitative estimate of drug-likeness (QED) is 0.470. The van der Waals surface area contributed by atoms with E-state index in [1.165, 1.54) is 10.1 Å². The zero-order valence-electron chi connectivity index (χ0n) is 14.1. The Kier molecular flexibility index (Phi) is 3.92. The van der Waals surface area contributed by atoms with E-state index in [0.29, 0.717) is 35.4 Å². The second-order valence-corrected chi connectivity index (χ2v) is 6.08. The molecule has 0 aliphatic heterocycles. The Bertz CT molecular complexity index is 1040. The summed E-state index contributed by atoms with van der Waals surface area (Å²) in [6.07, 6.45) is 4.03. The van der Waals surface area contributed by atoms with Crippen LogP contribution in [0.2, 0.25) is 0 Å². The number of furan rings is 1. The van der Waals surface area contributed by atoms with Crippen molar-refractivity contribution >= 4 is 23.1 Å². The van der Waals surface area contributed by atoms with Crippen molar-refractivity contribution in [1.82, 2.24) is 19.6 Å². The summed E-state index contributed by atoms with van der Waals surface area (Å²) < 4.78 is 6.83. The molecule has 0 spiro atoms. The van der Waals surface area contributed by atoms with Gasteiger partial charge in [-0.3, -0.25) is 0 Å². The number of nitrogen functional groups attached to an aromatic ring is 3. The number of anilines is 3. The fourth-order valence-corrected chi connectivity index (χ4v) is 2.89. The Morgan fingerprint density at radius 3 is 2.50 bits per heavy atom. The van der Waals surface area contributed by atoms with Gasteiger partial charge in [-0.2, -0.15) is 14.5 Å². The Hall–Kier alpha value is -3.55. The third kappa shape index (κ3) is 2.92. The fourth-order valence-electron chi connectivity index (χ4n) is 2.89. The van der Waals surface area contributed by atoms with E-state index >= 15 is 0 Å². The molecule has 0 radical (unpaired) electrons. The number of hydrogen-bond donors (Lipinski definition) is 3. The minimum absolute atomic E-state index is 0.355. The zero-order chi connectivity index (χ0) is 18.1. The second kappa shape index (κ2) is 6.40. The molecule has 0 unspecified atom stereocenters. The SMILES string of the molecule is Nc1ccc(CCCc2c(N)nc3nc(-c4ccco4)nn3c2N)cc1. The summed E-state index contributed by atoms with van der Waals surface area (Å²) in [6.45, 7) is 0. The number of aromatic nitrogens is 4. The van der Waals surface area contributed by atoms with Gasteiger partial charge in [0.15, 0.2) is 5.76 Å². The molecule has 8 nitrogen and oxygen atoms in total. The number of fused-ring (bicyclic) bond motifs is 1. The zero-order valence-corrected chi connectivity index (χ0v) is 14.1. The van der Waals surface area contributed by atoms with E-state index in [4.69, 9.17) is 21.6 Å². The van der Waals surface area contributed by atoms with Crippen LogP contribution in [0.3, 0.4) is 0 Å². The molecule has 3 aromatic heterocycles. The first-order valence-electron chi connectivity index (χ1n) is 8.30. The van der Waals surface area contributed by atoms with Gasteiger partial charge < -0.3 is 21.6 Å². The molecule has 0 fully saturated rings. The summed E-state index contributed by atoms with van der Waals surface area (Å²) in [6, 6.07) is 11.4. The fraction of sp³-hybridized carbons (Fsp3) is 0.167. The summed E-state index contributed by atoms with van der Waals surface area (Å²) in [4.78, 5) is 8.66. The van der Waals surface area contributed by atoms with Gasteiger partial charge in [-0.15, -0.1) is 5.10 Å². The lowest BCUT2D eigenvalue weighted by atomic mass is 10.0. The van der Waals surface area contributed by atoms with Crippen LogP contribution in [-0.2, 0) is 12.8 Å². The van der Waals surface area contributed by atoms with Crippen molar-refractivity contribution in [3.05, 3.63) is 53.8 Å². The largest absolute Gasteiger partial charge is 0.461 e. The lowest BCUT2D eigenvalue weighted by Crippen LogP contribution is -2.10. The van der Waals surface area contributed by atoms with Crippen LogP contribution in [0.1, 0.15) is 17.5 Å². The number of hydrogen-bond acceptors (Lipinski definition) is 7.